The molecular weight excluding hydrogens is 168 g/mol. The van der Waals surface area contributed by atoms with Crippen molar-refractivity contribution in [3.8, 4) is 0 Å². The van der Waals surface area contributed by atoms with Gasteiger partial charge in [0.1, 0.15) is 0 Å². The van der Waals surface area contributed by atoms with Crippen molar-refractivity contribution in [2.24, 2.45) is 0 Å². The van der Waals surface area contributed by atoms with Gasteiger partial charge in [-0.1, -0.05) is 0 Å². The number of carboxylic acids is 1. The molecule has 11 heavy (non-hydrogen) atoms. The number of anilines is 1. The summed E-state index contributed by atoms with van der Waals surface area (Å²) in [6, 6.07) is 0. The second-order valence-electron chi connectivity index (χ2n) is 1.60. The quantitative estimate of drug-likeness (QED) is 0.591. The molecule has 0 aromatic carbocycles. The van der Waals surface area contributed by atoms with Crippen molar-refractivity contribution in [3.05, 3.63) is 11.6 Å². The minimum atomic E-state index is -1.51. The van der Waals surface area contributed by atoms with Crippen molar-refractivity contribution in [1.82, 2.24) is 4.98 Å². The van der Waals surface area contributed by atoms with E-state index in [1.165, 1.54) is 6.20 Å². The summed E-state index contributed by atoms with van der Waals surface area (Å²) in [4.78, 5) is 24.1. The molecule has 0 unspecified atom stereocenters. The monoisotopic (exact) mass is 172 g/mol. The van der Waals surface area contributed by atoms with E-state index < -0.39 is 11.9 Å². The van der Waals surface area contributed by atoms with Gasteiger partial charge in [0.2, 0.25) is 0 Å². The highest BCUT2D eigenvalue weighted by Gasteiger charge is 2.11. The van der Waals surface area contributed by atoms with Crippen molar-refractivity contribution < 1.29 is 14.7 Å². The van der Waals surface area contributed by atoms with E-state index in [-0.39, 0.29) is 5.13 Å². The van der Waals surface area contributed by atoms with Crippen molar-refractivity contribution in [2.45, 2.75) is 0 Å². The number of hydrogen-bond acceptors (Lipinski definition) is 4. The average Bonchev–Trinajstić information content (AvgIpc) is 2.39. The van der Waals surface area contributed by atoms with Crippen LogP contribution in [0.5, 0.6) is 0 Å². The smallest absolute Gasteiger partial charge is 0.394 e. The van der Waals surface area contributed by atoms with Gasteiger partial charge in [-0.2, -0.15) is 0 Å². The molecule has 1 amide bonds. The fourth-order valence-electron chi connectivity index (χ4n) is 0.436. The first-order chi connectivity index (χ1) is 5.20. The Kier molecular flexibility index (Phi) is 2.17. The number of carbonyl (C=O) groups excluding carboxylic acids is 1. The second-order valence-corrected chi connectivity index (χ2v) is 2.49. The van der Waals surface area contributed by atoms with Gasteiger partial charge in [0.25, 0.3) is 0 Å². The zero-order valence-electron chi connectivity index (χ0n) is 5.27. The van der Waals surface area contributed by atoms with E-state index in [0.717, 1.165) is 11.3 Å². The molecule has 0 fully saturated rings. The molecule has 1 aromatic rings. The minimum absolute atomic E-state index is 0.289. The Morgan fingerprint density at radius 3 is 2.82 bits per heavy atom. The van der Waals surface area contributed by atoms with Gasteiger partial charge in [-0.15, -0.1) is 11.3 Å². The molecule has 0 radical (unpaired) electrons. The molecule has 0 spiro atoms. The molecule has 1 heterocycles. The molecule has 0 atom stereocenters. The van der Waals surface area contributed by atoms with Crippen molar-refractivity contribution >= 4 is 28.3 Å². The summed E-state index contributed by atoms with van der Waals surface area (Å²) in [5.41, 5.74) is 0. The normalized spacial score (nSPS) is 9.09. The highest BCUT2D eigenvalue weighted by molar-refractivity contribution is 7.13. The first-order valence-electron chi connectivity index (χ1n) is 2.64. The fraction of sp³-hybridized carbons (Fsp3) is 0. The van der Waals surface area contributed by atoms with Gasteiger partial charge in [0.05, 0.1) is 0 Å². The molecule has 6 heteroatoms. The Morgan fingerprint density at radius 1 is 1.64 bits per heavy atom. The number of aromatic nitrogens is 1. The Hall–Kier alpha value is -1.43. The highest BCUT2D eigenvalue weighted by atomic mass is 32.1. The van der Waals surface area contributed by atoms with E-state index in [1.807, 2.05) is 0 Å². The van der Waals surface area contributed by atoms with Crippen LogP contribution < -0.4 is 5.32 Å². The summed E-state index contributed by atoms with van der Waals surface area (Å²) in [6.45, 7) is 0. The van der Waals surface area contributed by atoms with Gasteiger partial charge in [0, 0.05) is 11.6 Å². The predicted molar refractivity (Wildman–Crippen MR) is 38.4 cm³/mol. The third-order valence-corrected chi connectivity index (χ3v) is 1.54. The number of carboxylic acid groups (broad SMARTS) is 1. The van der Waals surface area contributed by atoms with Crippen LogP contribution in [0, 0.1) is 0 Å². The Labute approximate surface area is 65.7 Å². The maximum Gasteiger partial charge on any atom is 0.394 e. The lowest BCUT2D eigenvalue weighted by atomic mass is 10.6. The molecule has 58 valence electrons. The van der Waals surface area contributed by atoms with Gasteiger partial charge in [-0.3, -0.25) is 10.1 Å². The number of carbonyl (C=O) groups is 2. The van der Waals surface area contributed by atoms with Gasteiger partial charge < -0.3 is 5.11 Å². The van der Waals surface area contributed by atoms with Crippen molar-refractivity contribution in [2.75, 3.05) is 5.32 Å². The molecule has 0 aliphatic carbocycles. The lowest BCUT2D eigenvalue weighted by Crippen LogP contribution is -2.21. The maximum atomic E-state index is 10.5. The van der Waals surface area contributed by atoms with Crippen LogP contribution in [0.1, 0.15) is 0 Å². The summed E-state index contributed by atoms with van der Waals surface area (Å²) in [7, 11) is 0. The summed E-state index contributed by atoms with van der Waals surface area (Å²) in [5.74, 6) is -2.58. The molecule has 0 aliphatic rings. The van der Waals surface area contributed by atoms with E-state index in [4.69, 9.17) is 5.11 Å². The maximum absolute atomic E-state index is 10.5. The van der Waals surface area contributed by atoms with Crippen LogP contribution in [0.2, 0.25) is 0 Å². The Bertz CT molecular complexity index is 269. The number of nitrogens with one attached hydrogen (secondary N) is 1. The standard InChI is InChI=1S/C5H4N2O3S/c8-3(4(9)10)7-5-6-1-2-11-5/h1-2H,(H,9,10)(H,6,7,8). The molecular formula is C5H4N2O3S. The van der Waals surface area contributed by atoms with E-state index in [9.17, 15) is 9.59 Å². The third kappa shape index (κ3) is 2.01. The zero-order chi connectivity index (χ0) is 8.27. The van der Waals surface area contributed by atoms with Crippen LogP contribution in [0.15, 0.2) is 11.6 Å². The van der Waals surface area contributed by atoms with Gasteiger partial charge in [-0.05, 0) is 0 Å². The van der Waals surface area contributed by atoms with E-state index >= 15 is 0 Å². The first kappa shape index (κ1) is 7.67. The minimum Gasteiger partial charge on any atom is -0.474 e. The molecule has 0 aliphatic heterocycles. The summed E-state index contributed by atoms with van der Waals surface area (Å²) < 4.78 is 0. The molecule has 1 aromatic heterocycles. The highest BCUT2D eigenvalue weighted by Crippen LogP contribution is 2.09. The Morgan fingerprint density at radius 2 is 2.36 bits per heavy atom. The van der Waals surface area contributed by atoms with Crippen LogP contribution >= 0.6 is 11.3 Å². The number of nitrogens with zero attached hydrogens (tertiary/aromatic N) is 1. The summed E-state index contributed by atoms with van der Waals surface area (Å²) in [5, 5.41) is 12.2. The van der Waals surface area contributed by atoms with Crippen LogP contribution in [0.4, 0.5) is 5.13 Å². The molecule has 0 saturated carbocycles. The first-order valence-corrected chi connectivity index (χ1v) is 3.52. The zero-order valence-corrected chi connectivity index (χ0v) is 6.09. The number of aliphatic carboxylic acids is 1. The third-order valence-electron chi connectivity index (χ3n) is 0.847. The molecule has 5 nitrogen and oxygen atoms in total. The number of rotatable bonds is 1. The topological polar surface area (TPSA) is 79.3 Å². The Balaban J connectivity index is 2.57. The van der Waals surface area contributed by atoms with Gasteiger partial charge >= 0.3 is 11.9 Å². The second kappa shape index (κ2) is 3.11. The largest absolute Gasteiger partial charge is 0.474 e. The van der Waals surface area contributed by atoms with E-state index in [1.54, 1.807) is 5.38 Å². The van der Waals surface area contributed by atoms with Crippen LogP contribution in [0.25, 0.3) is 0 Å². The summed E-state index contributed by atoms with van der Waals surface area (Å²) in [6.07, 6.45) is 1.47. The van der Waals surface area contributed by atoms with Gasteiger partial charge in [-0.25, -0.2) is 9.78 Å². The van der Waals surface area contributed by atoms with Crippen molar-refractivity contribution in [3.63, 3.8) is 0 Å². The number of amides is 1. The van der Waals surface area contributed by atoms with E-state index in [2.05, 4.69) is 10.3 Å². The van der Waals surface area contributed by atoms with Gasteiger partial charge in [0.15, 0.2) is 5.13 Å². The molecule has 0 saturated heterocycles. The molecule has 0 bridgehead atoms. The predicted octanol–water partition coefficient (Wildman–Crippen LogP) is 0.166. The molecule has 2 N–H and O–H groups in total. The van der Waals surface area contributed by atoms with Crippen LogP contribution in [0.3, 0.4) is 0 Å². The SMILES string of the molecule is O=C(O)C(=O)Nc1nccs1. The number of thiazole rings is 1. The molecule has 1 rings (SSSR count). The summed E-state index contributed by atoms with van der Waals surface area (Å²) >= 11 is 1.16. The average molecular weight is 172 g/mol. The fourth-order valence-corrected chi connectivity index (χ4v) is 0.960. The lowest BCUT2D eigenvalue weighted by Gasteiger charge is -1.93. The van der Waals surface area contributed by atoms with E-state index in [0.29, 0.717) is 0 Å². The van der Waals surface area contributed by atoms with Crippen LogP contribution in [-0.2, 0) is 9.59 Å². The lowest BCUT2D eigenvalue weighted by molar-refractivity contribution is -0.147. The number of hydrogen-bond donors (Lipinski definition) is 2. The van der Waals surface area contributed by atoms with Crippen LogP contribution in [-0.4, -0.2) is 22.0 Å². The van der Waals surface area contributed by atoms with Crippen molar-refractivity contribution in [1.29, 1.82) is 0 Å².